The quantitative estimate of drug-likeness (QED) is 0.237. The molecule has 1 fully saturated rings. The predicted molar refractivity (Wildman–Crippen MR) is 138 cm³/mol. The molecule has 1 N–H and O–H groups in total. The van der Waals surface area contributed by atoms with Crippen molar-refractivity contribution in [1.29, 1.82) is 0 Å². The molecule has 182 valence electrons. The van der Waals surface area contributed by atoms with Gasteiger partial charge in [-0.25, -0.2) is 9.79 Å². The number of carboxylic acids is 1. The van der Waals surface area contributed by atoms with Crippen LogP contribution in [-0.2, 0) is 11.4 Å². The first-order valence-corrected chi connectivity index (χ1v) is 11.7. The summed E-state index contributed by atoms with van der Waals surface area (Å²) in [6.07, 6.45) is 1.69. The number of hydrogen-bond acceptors (Lipinski definition) is 7. The number of nitro groups is 1. The Morgan fingerprint density at radius 3 is 2.61 bits per heavy atom. The van der Waals surface area contributed by atoms with Crippen LogP contribution in [0.4, 0.5) is 11.4 Å². The number of amidine groups is 1. The number of aliphatic imine (C=N–C) groups is 1. The Morgan fingerprint density at radius 1 is 1.19 bits per heavy atom. The lowest BCUT2D eigenvalue weighted by Crippen LogP contribution is -2.23. The fourth-order valence-electron chi connectivity index (χ4n) is 3.22. The number of amides is 1. The van der Waals surface area contributed by atoms with Crippen molar-refractivity contribution < 1.29 is 24.4 Å². The molecule has 0 radical (unpaired) electrons. The summed E-state index contributed by atoms with van der Waals surface area (Å²) in [6, 6.07) is 17.3. The van der Waals surface area contributed by atoms with Gasteiger partial charge in [0, 0.05) is 19.2 Å². The van der Waals surface area contributed by atoms with Crippen LogP contribution in [-0.4, -0.2) is 39.0 Å². The second-order valence-corrected chi connectivity index (χ2v) is 9.04. The minimum absolute atomic E-state index is 0.00105. The molecule has 1 saturated heterocycles. The highest BCUT2D eigenvalue weighted by Crippen LogP contribution is 2.34. The molecule has 3 aromatic rings. The molecule has 0 atom stereocenters. The van der Waals surface area contributed by atoms with Gasteiger partial charge in [0.1, 0.15) is 12.4 Å². The van der Waals surface area contributed by atoms with E-state index in [0.29, 0.717) is 32.1 Å². The van der Waals surface area contributed by atoms with Crippen LogP contribution in [0.1, 0.15) is 21.5 Å². The summed E-state index contributed by atoms with van der Waals surface area (Å²) in [6.45, 7) is 0.181. The van der Waals surface area contributed by atoms with E-state index in [1.807, 2.05) is 0 Å². The van der Waals surface area contributed by atoms with E-state index in [-0.39, 0.29) is 23.8 Å². The smallest absolute Gasteiger partial charge is 0.335 e. The topological polar surface area (TPSA) is 122 Å². The van der Waals surface area contributed by atoms with Gasteiger partial charge in [-0.15, -0.1) is 0 Å². The molecule has 1 aliphatic rings. The monoisotopic (exact) mass is 523 g/mol. The summed E-state index contributed by atoms with van der Waals surface area (Å²) in [7, 11) is 1.60. The second kappa shape index (κ2) is 10.6. The van der Waals surface area contributed by atoms with Crippen LogP contribution in [0, 0.1) is 10.1 Å². The number of carbonyl (C=O) groups excluding carboxylic acids is 1. The molecule has 0 aromatic heterocycles. The van der Waals surface area contributed by atoms with Crippen LogP contribution >= 0.6 is 23.4 Å². The molecule has 11 heteroatoms. The molecule has 0 spiro atoms. The van der Waals surface area contributed by atoms with E-state index in [0.717, 1.165) is 5.56 Å². The molecule has 9 nitrogen and oxygen atoms in total. The van der Waals surface area contributed by atoms with Gasteiger partial charge in [-0.3, -0.25) is 19.8 Å². The molecular formula is C25H18ClN3O6S. The van der Waals surface area contributed by atoms with Crippen molar-refractivity contribution in [2.45, 2.75) is 6.61 Å². The number of nitrogens with zero attached hydrogens (tertiary/aromatic N) is 3. The lowest BCUT2D eigenvalue weighted by Gasteiger charge is -2.09. The van der Waals surface area contributed by atoms with Crippen molar-refractivity contribution in [3.8, 4) is 5.75 Å². The molecule has 3 aromatic carbocycles. The van der Waals surface area contributed by atoms with Crippen molar-refractivity contribution >= 4 is 57.9 Å². The number of hydrogen-bond donors (Lipinski definition) is 1. The highest BCUT2D eigenvalue weighted by atomic mass is 35.5. The summed E-state index contributed by atoms with van der Waals surface area (Å²) in [5, 5.41) is 20.7. The molecule has 0 aliphatic carbocycles. The Morgan fingerprint density at radius 2 is 1.94 bits per heavy atom. The highest BCUT2D eigenvalue weighted by molar-refractivity contribution is 8.18. The molecule has 36 heavy (non-hydrogen) atoms. The normalized spacial score (nSPS) is 15.5. The summed E-state index contributed by atoms with van der Waals surface area (Å²) < 4.78 is 5.73. The number of benzene rings is 3. The van der Waals surface area contributed by atoms with E-state index in [4.69, 9.17) is 21.4 Å². The third kappa shape index (κ3) is 5.73. The van der Waals surface area contributed by atoms with Gasteiger partial charge in [0.2, 0.25) is 0 Å². The molecule has 1 heterocycles. The van der Waals surface area contributed by atoms with E-state index < -0.39 is 10.9 Å². The van der Waals surface area contributed by atoms with Gasteiger partial charge in [-0.2, -0.15) is 0 Å². The number of aromatic carboxylic acids is 1. The zero-order valence-electron chi connectivity index (χ0n) is 18.8. The molecule has 1 aliphatic heterocycles. The van der Waals surface area contributed by atoms with Crippen LogP contribution in [0.15, 0.2) is 76.6 Å². The molecule has 4 rings (SSSR count). The fraction of sp³-hybridized carbons (Fsp3) is 0.0800. The summed E-state index contributed by atoms with van der Waals surface area (Å²) in [4.78, 5) is 40.5. The van der Waals surface area contributed by atoms with Gasteiger partial charge in [-0.1, -0.05) is 23.7 Å². The van der Waals surface area contributed by atoms with Crippen LogP contribution in [0.2, 0.25) is 5.02 Å². The van der Waals surface area contributed by atoms with E-state index in [1.165, 1.54) is 40.9 Å². The SMILES string of the molecule is CN1C(=O)/C(=C/c2ccc(OCc3ccc([N+](=O)[O-])cc3)c(Cl)c2)SC1=Nc1cccc(C(=O)O)c1. The fourth-order valence-corrected chi connectivity index (χ4v) is 4.45. The molecule has 0 unspecified atom stereocenters. The van der Waals surface area contributed by atoms with Gasteiger partial charge in [-0.05, 0) is 71.4 Å². The van der Waals surface area contributed by atoms with Gasteiger partial charge >= 0.3 is 5.97 Å². The minimum atomic E-state index is -1.06. The minimum Gasteiger partial charge on any atom is -0.487 e. The lowest BCUT2D eigenvalue weighted by atomic mass is 10.2. The summed E-state index contributed by atoms with van der Waals surface area (Å²) >= 11 is 7.54. The highest BCUT2D eigenvalue weighted by Gasteiger charge is 2.30. The third-order valence-corrected chi connectivity index (χ3v) is 6.47. The number of halogens is 1. The Bertz CT molecular complexity index is 1420. The number of non-ortho nitro benzene ring substituents is 1. The second-order valence-electron chi connectivity index (χ2n) is 7.63. The van der Waals surface area contributed by atoms with E-state index in [2.05, 4.69) is 4.99 Å². The lowest BCUT2D eigenvalue weighted by molar-refractivity contribution is -0.384. The maximum Gasteiger partial charge on any atom is 0.335 e. The number of carboxylic acid groups (broad SMARTS) is 1. The number of rotatable bonds is 7. The Hall–Kier alpha value is -4.15. The first kappa shape index (κ1) is 25.0. The summed E-state index contributed by atoms with van der Waals surface area (Å²) in [5.41, 5.74) is 1.97. The van der Waals surface area contributed by atoms with Gasteiger partial charge in [0.05, 0.1) is 26.1 Å². The first-order valence-electron chi connectivity index (χ1n) is 10.5. The van der Waals surface area contributed by atoms with Crippen molar-refractivity contribution in [2.24, 2.45) is 4.99 Å². The van der Waals surface area contributed by atoms with Crippen LogP contribution in [0.25, 0.3) is 6.08 Å². The largest absolute Gasteiger partial charge is 0.487 e. The number of carbonyl (C=O) groups is 2. The zero-order chi connectivity index (χ0) is 25.8. The van der Waals surface area contributed by atoms with Crippen LogP contribution in [0.3, 0.4) is 0 Å². The average molecular weight is 524 g/mol. The Labute approximate surface area is 214 Å². The standard InChI is InChI=1S/C25H18ClN3O6S/c1-28-23(30)22(36-25(28)27-18-4-2-3-17(13-18)24(31)32)12-16-7-10-21(20(26)11-16)35-14-15-5-8-19(9-6-15)29(33)34/h2-13H,14H2,1H3,(H,31,32)/b22-12-,27-25?. The predicted octanol–water partition coefficient (Wildman–Crippen LogP) is 5.76. The van der Waals surface area contributed by atoms with Crippen molar-refractivity contribution in [2.75, 3.05) is 7.05 Å². The van der Waals surface area contributed by atoms with Crippen LogP contribution in [0.5, 0.6) is 5.75 Å². The van der Waals surface area contributed by atoms with Crippen molar-refractivity contribution in [3.05, 3.63) is 103 Å². The molecular weight excluding hydrogens is 506 g/mol. The maximum atomic E-state index is 12.7. The van der Waals surface area contributed by atoms with E-state index >= 15 is 0 Å². The van der Waals surface area contributed by atoms with Gasteiger partial charge in [0.15, 0.2) is 5.17 Å². The van der Waals surface area contributed by atoms with E-state index in [9.17, 15) is 19.7 Å². The van der Waals surface area contributed by atoms with Gasteiger partial charge in [0.25, 0.3) is 11.6 Å². The van der Waals surface area contributed by atoms with E-state index in [1.54, 1.807) is 55.6 Å². The number of likely N-dealkylation sites (N-methyl/N-ethyl adjacent to an activating group) is 1. The molecule has 0 saturated carbocycles. The van der Waals surface area contributed by atoms with Crippen molar-refractivity contribution in [3.63, 3.8) is 0 Å². The summed E-state index contributed by atoms with van der Waals surface area (Å²) in [5.74, 6) is -0.874. The number of thioether (sulfide) groups is 1. The Kier molecular flexibility index (Phi) is 7.37. The average Bonchev–Trinajstić information content (AvgIpc) is 3.11. The maximum absolute atomic E-state index is 12.7. The number of nitro benzene ring substituents is 1. The molecule has 1 amide bonds. The van der Waals surface area contributed by atoms with Crippen molar-refractivity contribution in [1.82, 2.24) is 4.90 Å². The number of ether oxygens (including phenoxy) is 1. The third-order valence-electron chi connectivity index (χ3n) is 5.12. The first-order chi connectivity index (χ1) is 17.2. The van der Waals surface area contributed by atoms with Crippen LogP contribution < -0.4 is 4.74 Å². The zero-order valence-corrected chi connectivity index (χ0v) is 20.3. The molecule has 0 bridgehead atoms. The Balaban J connectivity index is 1.47. The van der Waals surface area contributed by atoms with Gasteiger partial charge < -0.3 is 9.84 Å².